The van der Waals surface area contributed by atoms with E-state index in [1.54, 1.807) is 0 Å². The average molecular weight is 558 g/mol. The lowest BCUT2D eigenvalue weighted by atomic mass is 9.85. The molecule has 0 saturated heterocycles. The van der Waals surface area contributed by atoms with Crippen molar-refractivity contribution in [2.75, 3.05) is 11.6 Å². The SMILES string of the molecule is CCC[C@H](NC(=O)Cc1cc(F)cc(F)c1)C(=O)NC1C(=O)C(CC(C)C)c2ccccc2N(CC(C)C)[N+]1=O. The Bertz CT molecular complexity index is 1180. The highest BCUT2D eigenvalue weighted by Gasteiger charge is 2.49. The van der Waals surface area contributed by atoms with Gasteiger partial charge in [-0.15, -0.1) is 5.01 Å². The average Bonchev–Trinajstić information content (AvgIpc) is 2.93. The zero-order chi connectivity index (χ0) is 29.6. The number of carbonyl (C=O) groups is 3. The van der Waals surface area contributed by atoms with Crippen LogP contribution in [-0.4, -0.2) is 41.2 Å². The van der Waals surface area contributed by atoms with Gasteiger partial charge in [-0.25, -0.2) is 8.78 Å². The quantitative estimate of drug-likeness (QED) is 0.387. The Morgan fingerprint density at radius 3 is 2.27 bits per heavy atom. The first-order chi connectivity index (χ1) is 18.9. The van der Waals surface area contributed by atoms with Crippen molar-refractivity contribution in [1.82, 2.24) is 10.6 Å². The van der Waals surface area contributed by atoms with E-state index in [-0.39, 0.29) is 30.2 Å². The fraction of sp³-hybridized carbons (Fsp3) is 0.500. The third-order valence-electron chi connectivity index (χ3n) is 6.70. The van der Waals surface area contributed by atoms with Gasteiger partial charge in [0, 0.05) is 6.07 Å². The second kappa shape index (κ2) is 13.6. The molecule has 2 unspecified atom stereocenters. The van der Waals surface area contributed by atoms with Crippen LogP contribution in [-0.2, 0) is 20.8 Å². The molecule has 1 heterocycles. The number of fused-ring (bicyclic) bond motifs is 1. The lowest BCUT2D eigenvalue weighted by molar-refractivity contribution is -0.588. The largest absolute Gasteiger partial charge is 0.368 e. The fourth-order valence-electron chi connectivity index (χ4n) is 5.02. The Labute approximate surface area is 234 Å². The van der Waals surface area contributed by atoms with E-state index >= 15 is 0 Å². The summed E-state index contributed by atoms with van der Waals surface area (Å²) in [5.41, 5.74) is 1.48. The van der Waals surface area contributed by atoms with E-state index in [4.69, 9.17) is 0 Å². The summed E-state index contributed by atoms with van der Waals surface area (Å²) in [4.78, 5) is 54.4. The molecule has 0 radical (unpaired) electrons. The minimum atomic E-state index is -1.50. The number of nitrogens with zero attached hydrogens (tertiary/aromatic N) is 2. The fourth-order valence-corrected chi connectivity index (χ4v) is 5.02. The minimum Gasteiger partial charge on any atom is -0.344 e. The molecule has 40 heavy (non-hydrogen) atoms. The molecule has 2 amide bonds. The summed E-state index contributed by atoms with van der Waals surface area (Å²) >= 11 is 0. The smallest absolute Gasteiger partial charge is 0.344 e. The molecule has 3 rings (SSSR count). The predicted octanol–water partition coefficient (Wildman–Crippen LogP) is 4.80. The van der Waals surface area contributed by atoms with Crippen molar-refractivity contribution in [1.29, 1.82) is 0 Å². The number of para-hydroxylation sites is 1. The monoisotopic (exact) mass is 557 g/mol. The molecule has 2 aromatic rings. The molecule has 8 nitrogen and oxygen atoms in total. The number of halogens is 2. The molecule has 2 N–H and O–H groups in total. The highest BCUT2D eigenvalue weighted by molar-refractivity contribution is 5.96. The van der Waals surface area contributed by atoms with Crippen molar-refractivity contribution < 1.29 is 28.0 Å². The van der Waals surface area contributed by atoms with Crippen LogP contribution < -0.4 is 15.6 Å². The summed E-state index contributed by atoms with van der Waals surface area (Å²) in [5.74, 6) is -3.72. The zero-order valence-corrected chi connectivity index (χ0v) is 23.7. The van der Waals surface area contributed by atoms with Crippen molar-refractivity contribution in [3.63, 3.8) is 0 Å². The van der Waals surface area contributed by atoms with Crippen LogP contribution in [0.5, 0.6) is 0 Å². The van der Waals surface area contributed by atoms with Crippen LogP contribution in [0.25, 0.3) is 0 Å². The number of Topliss-reactive ketones (excluding diaryl/α,β-unsaturated/α-hetero) is 1. The summed E-state index contributed by atoms with van der Waals surface area (Å²) < 4.78 is 27.1. The number of ketones is 1. The van der Waals surface area contributed by atoms with Crippen molar-refractivity contribution in [3.8, 4) is 0 Å². The Morgan fingerprint density at radius 2 is 1.68 bits per heavy atom. The molecule has 0 bridgehead atoms. The van der Waals surface area contributed by atoms with Crippen molar-refractivity contribution in [2.45, 2.75) is 78.4 Å². The van der Waals surface area contributed by atoms with Gasteiger partial charge in [0.25, 0.3) is 0 Å². The van der Waals surface area contributed by atoms with Crippen molar-refractivity contribution in [2.24, 2.45) is 11.8 Å². The summed E-state index contributed by atoms with van der Waals surface area (Å²) in [6.07, 6.45) is -0.596. The van der Waals surface area contributed by atoms with Gasteiger partial charge < -0.3 is 5.32 Å². The molecule has 0 fully saturated rings. The van der Waals surface area contributed by atoms with Crippen molar-refractivity contribution >= 4 is 23.3 Å². The number of rotatable bonds is 11. The Balaban J connectivity index is 1.88. The summed E-state index contributed by atoms with van der Waals surface area (Å²) in [6, 6.07) is 9.06. The molecular weight excluding hydrogens is 518 g/mol. The molecule has 3 atom stereocenters. The number of anilines is 1. The van der Waals surface area contributed by atoms with Gasteiger partial charge in [0.05, 0.1) is 23.8 Å². The summed E-state index contributed by atoms with van der Waals surface area (Å²) in [6.45, 7) is 10.1. The third kappa shape index (κ3) is 7.70. The first-order valence-electron chi connectivity index (χ1n) is 13.8. The number of hydrogen-bond donors (Lipinski definition) is 2. The summed E-state index contributed by atoms with van der Waals surface area (Å²) in [7, 11) is 0. The maximum Gasteiger partial charge on any atom is 0.368 e. The number of hydrogen-bond acceptors (Lipinski definition) is 4. The van der Waals surface area contributed by atoms with E-state index in [1.165, 1.54) is 5.01 Å². The van der Waals surface area contributed by atoms with Crippen LogP contribution in [0, 0.1) is 28.4 Å². The molecular formula is C30H39F2N4O4+. The van der Waals surface area contributed by atoms with Crippen LogP contribution in [0.4, 0.5) is 14.5 Å². The second-order valence-electron chi connectivity index (χ2n) is 11.2. The molecule has 1 aliphatic rings. The van der Waals surface area contributed by atoms with Crippen LogP contribution in [0.15, 0.2) is 42.5 Å². The normalized spacial score (nSPS) is 18.0. The molecule has 0 aliphatic carbocycles. The third-order valence-corrected chi connectivity index (χ3v) is 6.70. The maximum absolute atomic E-state index is 13.9. The van der Waals surface area contributed by atoms with Gasteiger partial charge in [-0.1, -0.05) is 59.2 Å². The first kappa shape index (κ1) is 30.8. The van der Waals surface area contributed by atoms with Gasteiger partial charge in [-0.2, -0.15) is 0 Å². The Hall–Kier alpha value is -3.69. The number of carbonyl (C=O) groups excluding carboxylic acids is 3. The van der Waals surface area contributed by atoms with Crippen LogP contribution in [0.2, 0.25) is 0 Å². The van der Waals surface area contributed by atoms with E-state index in [0.717, 1.165) is 17.7 Å². The number of benzene rings is 2. The van der Waals surface area contributed by atoms with Gasteiger partial charge in [-0.05, 0) is 54.0 Å². The molecule has 1 aliphatic heterocycles. The van der Waals surface area contributed by atoms with E-state index in [0.29, 0.717) is 36.0 Å². The van der Waals surface area contributed by atoms with E-state index in [1.807, 2.05) is 58.9 Å². The highest BCUT2D eigenvalue weighted by Crippen LogP contribution is 2.37. The van der Waals surface area contributed by atoms with Crippen LogP contribution >= 0.6 is 0 Å². The van der Waals surface area contributed by atoms with Gasteiger partial charge >= 0.3 is 6.17 Å². The van der Waals surface area contributed by atoms with Gasteiger partial charge in [0.1, 0.15) is 23.4 Å². The number of hydrazine groups is 1. The molecule has 0 spiro atoms. The standard InChI is InChI=1S/C30H38F2N4O4/c1-6-9-25(33-27(37)15-20-13-21(31)16-22(32)14-20)30(39)34-29-28(38)24(12-18(2)3)23-10-7-8-11-26(23)35(36(29)40)17-19(4)5/h7-8,10-11,13-14,16,18-19,24-25,29H,6,9,12,15,17H2,1-5H3,(H-,33,34,37,39)/p+1/t24?,25-,29?/m0/s1. The predicted molar refractivity (Wildman–Crippen MR) is 148 cm³/mol. The van der Waals surface area contributed by atoms with Gasteiger partial charge in [-0.3, -0.25) is 19.7 Å². The van der Waals surface area contributed by atoms with E-state index < -0.39 is 47.4 Å². The van der Waals surface area contributed by atoms with E-state index in [2.05, 4.69) is 10.6 Å². The molecule has 2 aromatic carbocycles. The molecule has 10 heteroatoms. The van der Waals surface area contributed by atoms with Crippen molar-refractivity contribution in [3.05, 3.63) is 70.1 Å². The first-order valence-corrected chi connectivity index (χ1v) is 13.8. The Morgan fingerprint density at radius 1 is 1.02 bits per heavy atom. The highest BCUT2D eigenvalue weighted by atomic mass is 19.1. The summed E-state index contributed by atoms with van der Waals surface area (Å²) in [5, 5.41) is 6.72. The number of nitroso groups, excluding NO2 is 1. The lowest BCUT2D eigenvalue weighted by Gasteiger charge is -2.21. The Kier molecular flexibility index (Phi) is 10.5. The maximum atomic E-state index is 13.9. The minimum absolute atomic E-state index is 0.0809. The molecule has 0 aromatic heterocycles. The number of amides is 2. The lowest BCUT2D eigenvalue weighted by Crippen LogP contribution is -2.58. The van der Waals surface area contributed by atoms with Crippen LogP contribution in [0.3, 0.4) is 0 Å². The van der Waals surface area contributed by atoms with Crippen LogP contribution in [0.1, 0.15) is 70.9 Å². The van der Waals surface area contributed by atoms with Gasteiger partial charge in [0.15, 0.2) is 4.87 Å². The zero-order valence-electron chi connectivity index (χ0n) is 23.7. The topological polar surface area (TPSA) is 98.6 Å². The number of nitrogens with one attached hydrogen (secondary N) is 2. The molecule has 216 valence electrons. The second-order valence-corrected chi connectivity index (χ2v) is 11.2. The van der Waals surface area contributed by atoms with E-state index in [9.17, 15) is 28.1 Å². The van der Waals surface area contributed by atoms with Gasteiger partial charge in [0.2, 0.25) is 17.6 Å². The molecule has 0 saturated carbocycles.